The van der Waals surface area contributed by atoms with Crippen LogP contribution in [0.15, 0.2) is 11.6 Å². The van der Waals surface area contributed by atoms with Gasteiger partial charge < -0.3 is 25.2 Å². The van der Waals surface area contributed by atoms with Crippen molar-refractivity contribution < 1.29 is 30.0 Å². The van der Waals surface area contributed by atoms with Crippen LogP contribution in [-0.2, 0) is 9.53 Å². The molecule has 0 aromatic heterocycles. The van der Waals surface area contributed by atoms with Crippen LogP contribution in [0.25, 0.3) is 0 Å². The molecule has 11 atom stereocenters. The van der Waals surface area contributed by atoms with Gasteiger partial charge in [-0.2, -0.15) is 0 Å². The molecule has 11 unspecified atom stereocenters. The maximum Gasteiger partial charge on any atom is 0.159 e. The van der Waals surface area contributed by atoms with Gasteiger partial charge in [-0.1, -0.05) is 40.5 Å². The summed E-state index contributed by atoms with van der Waals surface area (Å²) in [5, 5.41) is 47.1. The molecule has 0 aromatic rings. The Morgan fingerprint density at radius 2 is 1.66 bits per heavy atom. The van der Waals surface area contributed by atoms with Crippen molar-refractivity contribution in [1.29, 1.82) is 0 Å². The minimum atomic E-state index is -1.22. The number of fused-ring (bicyclic) bond motifs is 6. The molecule has 1 heterocycles. The number of carbonyl (C=O) groups excluding carboxylic acids is 1. The van der Waals surface area contributed by atoms with E-state index in [9.17, 15) is 25.2 Å². The predicted molar refractivity (Wildman–Crippen MR) is 144 cm³/mol. The van der Waals surface area contributed by atoms with E-state index in [4.69, 9.17) is 4.74 Å². The quantitative estimate of drug-likeness (QED) is 0.403. The number of hydrogen-bond acceptors (Lipinski definition) is 6. The van der Waals surface area contributed by atoms with Gasteiger partial charge in [0.1, 0.15) is 12.2 Å². The van der Waals surface area contributed by atoms with Crippen LogP contribution in [0.1, 0.15) is 106 Å². The molecule has 214 valence electrons. The average molecular weight is 531 g/mol. The van der Waals surface area contributed by atoms with Crippen molar-refractivity contribution in [3.05, 3.63) is 11.6 Å². The topological polar surface area (TPSA) is 111 Å². The Balaban J connectivity index is 1.43. The van der Waals surface area contributed by atoms with Gasteiger partial charge in [0.2, 0.25) is 0 Å². The van der Waals surface area contributed by atoms with E-state index in [0.29, 0.717) is 19.3 Å². The summed E-state index contributed by atoms with van der Waals surface area (Å²) in [6.07, 6.45) is 8.76. The average Bonchev–Trinajstić information content (AvgIpc) is 3.49. The number of aliphatic hydroxyl groups excluding tert-OH is 1. The molecular weight excluding hydrogens is 480 g/mol. The fourth-order valence-electron chi connectivity index (χ4n) is 10.8. The molecule has 5 aliphatic carbocycles. The number of carbonyl (C=O) groups is 1. The zero-order valence-electron chi connectivity index (χ0n) is 24.3. The Kier molecular flexibility index (Phi) is 5.87. The summed E-state index contributed by atoms with van der Waals surface area (Å²) in [4.78, 5) is 13.7. The number of allylic oxidation sites excluding steroid dienone is 1. The lowest BCUT2D eigenvalue weighted by Gasteiger charge is -2.62. The molecule has 38 heavy (non-hydrogen) atoms. The van der Waals surface area contributed by atoms with Crippen LogP contribution in [0, 0.1) is 39.9 Å². The van der Waals surface area contributed by atoms with Crippen molar-refractivity contribution in [2.75, 3.05) is 0 Å². The van der Waals surface area contributed by atoms with Crippen LogP contribution in [0.4, 0.5) is 0 Å². The smallest absolute Gasteiger partial charge is 0.159 e. The van der Waals surface area contributed by atoms with Gasteiger partial charge in [0.25, 0.3) is 0 Å². The second-order valence-electron chi connectivity index (χ2n) is 15.5. The first-order chi connectivity index (χ1) is 17.6. The molecule has 4 N–H and O–H groups in total. The Hall–Kier alpha value is -0.790. The number of aliphatic hydroxyl groups is 4. The highest BCUT2D eigenvalue weighted by Crippen LogP contribution is 2.76. The molecule has 5 fully saturated rings. The Bertz CT molecular complexity index is 1040. The summed E-state index contributed by atoms with van der Waals surface area (Å²) >= 11 is 0. The van der Waals surface area contributed by atoms with Crippen molar-refractivity contribution in [3.8, 4) is 0 Å². The summed E-state index contributed by atoms with van der Waals surface area (Å²) in [7, 11) is 0. The van der Waals surface area contributed by atoms with Gasteiger partial charge in [0.05, 0.1) is 22.9 Å². The number of rotatable bonds is 4. The molecule has 0 bridgehead atoms. The maximum absolute atomic E-state index is 13.7. The molecule has 1 aliphatic heterocycles. The minimum absolute atomic E-state index is 0.0119. The van der Waals surface area contributed by atoms with Crippen LogP contribution in [0.5, 0.6) is 0 Å². The molecule has 6 rings (SSSR count). The third-order valence-electron chi connectivity index (χ3n) is 13.5. The summed E-state index contributed by atoms with van der Waals surface area (Å²) in [5.74, 6) is -0.235. The summed E-state index contributed by atoms with van der Waals surface area (Å²) in [6.45, 7) is 12.0. The van der Waals surface area contributed by atoms with Gasteiger partial charge in [0.15, 0.2) is 5.78 Å². The molecule has 0 aromatic carbocycles. The first kappa shape index (κ1) is 27.4. The largest absolute Gasteiger partial charge is 0.393 e. The van der Waals surface area contributed by atoms with Gasteiger partial charge >= 0.3 is 0 Å². The van der Waals surface area contributed by atoms with Crippen molar-refractivity contribution in [2.45, 2.75) is 141 Å². The summed E-state index contributed by atoms with van der Waals surface area (Å²) < 4.78 is 6.08. The molecule has 6 heteroatoms. The lowest BCUT2D eigenvalue weighted by atomic mass is 9.43. The molecule has 0 amide bonds. The molecular formula is C32H50O6. The Morgan fingerprint density at radius 1 is 1.00 bits per heavy atom. The number of hydrogen-bond donors (Lipinski definition) is 4. The third kappa shape index (κ3) is 3.22. The molecule has 1 spiro atoms. The number of epoxide rings is 1. The minimum Gasteiger partial charge on any atom is -0.393 e. The van der Waals surface area contributed by atoms with E-state index < -0.39 is 40.5 Å². The highest BCUT2D eigenvalue weighted by molar-refractivity contribution is 5.95. The SMILES string of the molecule is CC(C)C(C)(O)C1OC1C(C)(O)C1CC2(CCCC2)C2(O)C3=CC(=O)C4CC(O)CCC4(C)C3CCC12C. The van der Waals surface area contributed by atoms with E-state index in [1.807, 2.05) is 20.8 Å². The second-order valence-corrected chi connectivity index (χ2v) is 15.5. The molecule has 6 aliphatic rings. The van der Waals surface area contributed by atoms with E-state index in [0.717, 1.165) is 50.5 Å². The van der Waals surface area contributed by atoms with E-state index in [-0.39, 0.29) is 40.3 Å². The molecule has 4 saturated carbocycles. The van der Waals surface area contributed by atoms with Gasteiger partial charge in [-0.25, -0.2) is 0 Å². The highest BCUT2D eigenvalue weighted by Gasteiger charge is 2.78. The van der Waals surface area contributed by atoms with Gasteiger partial charge in [-0.05, 0) is 100 Å². The fraction of sp³-hybridized carbons (Fsp3) is 0.906. The third-order valence-corrected chi connectivity index (χ3v) is 13.5. The highest BCUT2D eigenvalue weighted by atomic mass is 16.6. The van der Waals surface area contributed by atoms with Gasteiger partial charge in [-0.3, -0.25) is 4.79 Å². The van der Waals surface area contributed by atoms with E-state index in [1.165, 1.54) is 0 Å². The van der Waals surface area contributed by atoms with E-state index in [1.54, 1.807) is 13.0 Å². The maximum atomic E-state index is 13.7. The number of ketones is 1. The lowest BCUT2D eigenvalue weighted by Crippen LogP contribution is -2.64. The van der Waals surface area contributed by atoms with Crippen LogP contribution in [0.3, 0.4) is 0 Å². The van der Waals surface area contributed by atoms with Crippen molar-refractivity contribution in [1.82, 2.24) is 0 Å². The van der Waals surface area contributed by atoms with E-state index >= 15 is 0 Å². The molecule has 6 nitrogen and oxygen atoms in total. The zero-order valence-corrected chi connectivity index (χ0v) is 24.3. The normalized spacial score (nSPS) is 50.6. The van der Waals surface area contributed by atoms with Crippen molar-refractivity contribution in [2.24, 2.45) is 39.9 Å². The zero-order chi connectivity index (χ0) is 27.7. The van der Waals surface area contributed by atoms with Crippen LogP contribution < -0.4 is 0 Å². The van der Waals surface area contributed by atoms with Crippen LogP contribution in [0.2, 0.25) is 0 Å². The number of ether oxygens (including phenoxy) is 1. The summed E-state index contributed by atoms with van der Waals surface area (Å²) in [6, 6.07) is 0. The molecule has 0 radical (unpaired) electrons. The predicted octanol–water partition coefficient (Wildman–Crippen LogP) is 4.32. The first-order valence-corrected chi connectivity index (χ1v) is 15.3. The summed E-state index contributed by atoms with van der Waals surface area (Å²) in [5.41, 5.74) is -3.73. The van der Waals surface area contributed by atoms with Gasteiger partial charge in [-0.15, -0.1) is 0 Å². The van der Waals surface area contributed by atoms with Crippen LogP contribution in [-0.4, -0.2) is 61.3 Å². The molecule has 1 saturated heterocycles. The fourth-order valence-corrected chi connectivity index (χ4v) is 10.8. The van der Waals surface area contributed by atoms with Crippen molar-refractivity contribution >= 4 is 5.78 Å². The van der Waals surface area contributed by atoms with Crippen molar-refractivity contribution in [3.63, 3.8) is 0 Å². The van der Waals surface area contributed by atoms with Gasteiger partial charge in [0, 0.05) is 16.7 Å². The Labute approximate surface area is 228 Å². The first-order valence-electron chi connectivity index (χ1n) is 15.3. The lowest BCUT2D eigenvalue weighted by molar-refractivity contribution is -0.171. The standard InChI is InChI=1S/C32H50O6/c1-18(2)29(5,35)25-26(38-25)30(6,36)24-17-31(11-7-8-12-31)32(37)21-16-23(34)22-15-19(33)9-13-27(22,3)20(21)10-14-28(24,32)4/h16,18-20,22,24-26,33,35-37H,7-15,17H2,1-6H3. The second kappa shape index (κ2) is 8.15. The Morgan fingerprint density at radius 3 is 2.29 bits per heavy atom. The van der Waals surface area contributed by atoms with Crippen LogP contribution >= 0.6 is 0 Å². The van der Waals surface area contributed by atoms with E-state index in [2.05, 4.69) is 13.8 Å². The monoisotopic (exact) mass is 530 g/mol.